The van der Waals surface area contributed by atoms with Crippen molar-refractivity contribution in [1.29, 1.82) is 0 Å². The summed E-state index contributed by atoms with van der Waals surface area (Å²) in [5.74, 6) is -0.399. The summed E-state index contributed by atoms with van der Waals surface area (Å²) in [6.07, 6.45) is 0. The fourth-order valence-corrected chi connectivity index (χ4v) is 5.03. The van der Waals surface area contributed by atoms with E-state index in [0.717, 1.165) is 10.8 Å². The Hall–Kier alpha value is -2.41. The normalized spacial score (nSPS) is 11.7. The molecule has 0 radical (unpaired) electrons. The van der Waals surface area contributed by atoms with Crippen molar-refractivity contribution in [2.45, 2.75) is 18.7 Å². The van der Waals surface area contributed by atoms with E-state index in [4.69, 9.17) is 11.6 Å². The Morgan fingerprint density at radius 3 is 2.39 bits per heavy atom. The van der Waals surface area contributed by atoms with Crippen LogP contribution in [0, 0.1) is 0 Å². The highest BCUT2D eigenvalue weighted by Crippen LogP contribution is 2.27. The van der Waals surface area contributed by atoms with E-state index < -0.39 is 15.9 Å². The third-order valence-electron chi connectivity index (χ3n) is 4.55. The Morgan fingerprint density at radius 2 is 1.68 bits per heavy atom. The monoisotopic (exact) mass is 416 g/mol. The minimum absolute atomic E-state index is 0.0663. The van der Waals surface area contributed by atoms with Crippen LogP contribution in [-0.2, 0) is 10.0 Å². The number of fused-ring (bicyclic) bond motifs is 1. The molecular formula is C21H21ClN2O3S. The highest BCUT2D eigenvalue weighted by Gasteiger charge is 2.25. The molecule has 0 heterocycles. The number of sulfonamides is 1. The molecule has 0 atom stereocenters. The summed E-state index contributed by atoms with van der Waals surface area (Å²) in [7, 11) is -3.77. The SMILES string of the molecule is CCN(CC)S(=O)(=O)c1cc(C(=O)Nc2cccc3ccccc23)ccc1Cl. The molecule has 7 heteroatoms. The fraction of sp³-hybridized carbons (Fsp3) is 0.190. The molecule has 1 N–H and O–H groups in total. The van der Waals surface area contributed by atoms with E-state index >= 15 is 0 Å². The molecule has 0 aliphatic carbocycles. The van der Waals surface area contributed by atoms with Gasteiger partial charge in [0.15, 0.2) is 0 Å². The number of nitrogens with zero attached hydrogens (tertiary/aromatic N) is 1. The van der Waals surface area contributed by atoms with Crippen molar-refractivity contribution in [2.75, 3.05) is 18.4 Å². The van der Waals surface area contributed by atoms with Crippen molar-refractivity contribution < 1.29 is 13.2 Å². The first-order valence-corrected chi connectivity index (χ1v) is 10.8. The van der Waals surface area contributed by atoms with E-state index in [2.05, 4.69) is 5.32 Å². The molecule has 1 amide bonds. The minimum atomic E-state index is -3.77. The summed E-state index contributed by atoms with van der Waals surface area (Å²) >= 11 is 6.14. The number of amides is 1. The van der Waals surface area contributed by atoms with Gasteiger partial charge in [-0.15, -0.1) is 0 Å². The van der Waals surface area contributed by atoms with Crippen LogP contribution in [0.2, 0.25) is 5.02 Å². The molecule has 28 heavy (non-hydrogen) atoms. The van der Waals surface area contributed by atoms with Crippen molar-refractivity contribution in [3.8, 4) is 0 Å². The third-order valence-corrected chi connectivity index (χ3v) is 7.09. The molecule has 0 saturated carbocycles. The van der Waals surface area contributed by atoms with Crippen LogP contribution in [-0.4, -0.2) is 31.7 Å². The van der Waals surface area contributed by atoms with E-state index in [1.165, 1.54) is 22.5 Å². The fourth-order valence-electron chi connectivity index (χ4n) is 3.07. The lowest BCUT2D eigenvalue weighted by atomic mass is 10.1. The Labute approximate surface area is 170 Å². The number of rotatable bonds is 6. The van der Waals surface area contributed by atoms with Crippen molar-refractivity contribution in [1.82, 2.24) is 4.31 Å². The Balaban J connectivity index is 1.97. The molecule has 3 aromatic carbocycles. The number of nitrogens with one attached hydrogen (secondary N) is 1. The molecule has 0 spiro atoms. The predicted molar refractivity (Wildman–Crippen MR) is 113 cm³/mol. The molecule has 3 rings (SSSR count). The molecule has 0 unspecified atom stereocenters. The first-order chi connectivity index (χ1) is 13.4. The van der Waals surface area contributed by atoms with E-state index in [9.17, 15) is 13.2 Å². The van der Waals surface area contributed by atoms with E-state index in [1.807, 2.05) is 42.5 Å². The number of anilines is 1. The molecule has 0 fully saturated rings. The van der Waals surface area contributed by atoms with Gasteiger partial charge in [0, 0.05) is 29.7 Å². The van der Waals surface area contributed by atoms with Gasteiger partial charge in [-0.05, 0) is 29.7 Å². The first kappa shape index (κ1) is 20.3. The average Bonchev–Trinajstić information content (AvgIpc) is 2.69. The van der Waals surface area contributed by atoms with E-state index in [1.54, 1.807) is 13.8 Å². The van der Waals surface area contributed by atoms with Gasteiger partial charge in [-0.2, -0.15) is 4.31 Å². The lowest BCUT2D eigenvalue weighted by molar-refractivity contribution is 0.102. The van der Waals surface area contributed by atoms with E-state index in [-0.39, 0.29) is 15.5 Å². The van der Waals surface area contributed by atoms with Gasteiger partial charge < -0.3 is 5.32 Å². The summed E-state index contributed by atoms with van der Waals surface area (Å²) in [6, 6.07) is 17.6. The summed E-state index contributed by atoms with van der Waals surface area (Å²) in [5.41, 5.74) is 0.884. The number of carbonyl (C=O) groups is 1. The maximum Gasteiger partial charge on any atom is 0.255 e. The Kier molecular flexibility index (Phi) is 6.03. The van der Waals surface area contributed by atoms with Crippen LogP contribution in [0.1, 0.15) is 24.2 Å². The van der Waals surface area contributed by atoms with E-state index in [0.29, 0.717) is 18.8 Å². The van der Waals surface area contributed by atoms with Crippen LogP contribution in [0.15, 0.2) is 65.6 Å². The minimum Gasteiger partial charge on any atom is -0.321 e. The van der Waals surface area contributed by atoms with Crippen LogP contribution < -0.4 is 5.32 Å². The van der Waals surface area contributed by atoms with Gasteiger partial charge in [0.2, 0.25) is 10.0 Å². The molecule has 0 aliphatic rings. The second-order valence-electron chi connectivity index (χ2n) is 6.22. The van der Waals surface area contributed by atoms with Crippen LogP contribution >= 0.6 is 11.6 Å². The molecule has 146 valence electrons. The summed E-state index contributed by atoms with van der Waals surface area (Å²) in [6.45, 7) is 4.15. The van der Waals surface area contributed by atoms with Crippen LogP contribution in [0.25, 0.3) is 10.8 Å². The Morgan fingerprint density at radius 1 is 1.00 bits per heavy atom. The molecule has 3 aromatic rings. The van der Waals surface area contributed by atoms with Gasteiger partial charge in [0.05, 0.1) is 5.02 Å². The van der Waals surface area contributed by atoms with Crippen molar-refractivity contribution in [2.24, 2.45) is 0 Å². The second kappa shape index (κ2) is 8.31. The maximum absolute atomic E-state index is 12.8. The zero-order valence-corrected chi connectivity index (χ0v) is 17.2. The quantitative estimate of drug-likeness (QED) is 0.629. The molecular weight excluding hydrogens is 396 g/mol. The zero-order valence-electron chi connectivity index (χ0n) is 15.6. The van der Waals surface area contributed by atoms with Crippen LogP contribution in [0.4, 0.5) is 5.69 Å². The lowest BCUT2D eigenvalue weighted by Gasteiger charge is -2.19. The van der Waals surface area contributed by atoms with Gasteiger partial charge >= 0.3 is 0 Å². The van der Waals surface area contributed by atoms with Crippen molar-refractivity contribution in [3.63, 3.8) is 0 Å². The van der Waals surface area contributed by atoms with Crippen LogP contribution in [0.3, 0.4) is 0 Å². The smallest absolute Gasteiger partial charge is 0.255 e. The van der Waals surface area contributed by atoms with Gasteiger partial charge in [-0.1, -0.05) is 61.8 Å². The molecule has 0 aliphatic heterocycles. The van der Waals surface area contributed by atoms with Gasteiger partial charge in [0.1, 0.15) is 4.90 Å². The Bertz CT molecular complexity index is 1120. The van der Waals surface area contributed by atoms with Gasteiger partial charge in [-0.25, -0.2) is 8.42 Å². The summed E-state index contributed by atoms with van der Waals surface area (Å²) in [4.78, 5) is 12.7. The third kappa shape index (κ3) is 3.90. The highest BCUT2D eigenvalue weighted by molar-refractivity contribution is 7.89. The van der Waals surface area contributed by atoms with Crippen molar-refractivity contribution >= 4 is 44.0 Å². The molecule has 5 nitrogen and oxygen atoms in total. The summed E-state index contributed by atoms with van der Waals surface area (Å²) in [5, 5.41) is 4.86. The average molecular weight is 417 g/mol. The number of halogens is 1. The van der Waals surface area contributed by atoms with Gasteiger partial charge in [-0.3, -0.25) is 4.79 Å². The molecule has 0 aromatic heterocycles. The topological polar surface area (TPSA) is 66.5 Å². The standard InChI is InChI=1S/C21H21ClN2O3S/c1-3-24(4-2)28(26,27)20-14-16(12-13-18(20)22)21(25)23-19-11-7-9-15-8-5-6-10-17(15)19/h5-14H,3-4H2,1-2H3,(H,23,25). The van der Waals surface area contributed by atoms with Crippen molar-refractivity contribution in [3.05, 3.63) is 71.2 Å². The lowest BCUT2D eigenvalue weighted by Crippen LogP contribution is -2.31. The zero-order chi connectivity index (χ0) is 20.3. The van der Waals surface area contributed by atoms with Crippen LogP contribution in [0.5, 0.6) is 0 Å². The first-order valence-electron chi connectivity index (χ1n) is 8.97. The second-order valence-corrected chi connectivity index (χ2v) is 8.53. The van der Waals surface area contributed by atoms with Gasteiger partial charge in [0.25, 0.3) is 5.91 Å². The number of hydrogen-bond acceptors (Lipinski definition) is 3. The molecule has 0 bridgehead atoms. The predicted octanol–water partition coefficient (Wildman–Crippen LogP) is 4.78. The number of hydrogen-bond donors (Lipinski definition) is 1. The number of benzene rings is 3. The largest absolute Gasteiger partial charge is 0.321 e. The highest BCUT2D eigenvalue weighted by atomic mass is 35.5. The maximum atomic E-state index is 12.8. The number of carbonyl (C=O) groups excluding carboxylic acids is 1. The summed E-state index contributed by atoms with van der Waals surface area (Å²) < 4.78 is 27.0. The molecule has 0 saturated heterocycles.